The van der Waals surface area contributed by atoms with E-state index in [1.54, 1.807) is 47.0 Å². The molecule has 0 N–H and O–H groups in total. The molecule has 0 saturated heterocycles. The van der Waals surface area contributed by atoms with Crippen LogP contribution in [-0.4, -0.2) is 15.7 Å². The predicted octanol–water partition coefficient (Wildman–Crippen LogP) is 4.68. The summed E-state index contributed by atoms with van der Waals surface area (Å²) in [5, 5.41) is 0.592. The summed E-state index contributed by atoms with van der Waals surface area (Å²) in [6, 6.07) is 13.4. The predicted molar refractivity (Wildman–Crippen MR) is 125 cm³/mol. The summed E-state index contributed by atoms with van der Waals surface area (Å²) in [7, 11) is 0. The maximum Gasteiger partial charge on any atom is 0.337 e. The lowest BCUT2D eigenvalue weighted by molar-refractivity contribution is 0.340. The Bertz CT molecular complexity index is 1420. The second-order valence-corrected chi connectivity index (χ2v) is 9.00. The van der Waals surface area contributed by atoms with Crippen molar-refractivity contribution in [2.24, 2.45) is 0 Å². The first kappa shape index (κ1) is 20.7. The number of halogens is 1. The summed E-state index contributed by atoms with van der Waals surface area (Å²) < 4.78 is 22.7. The molecule has 2 aromatic heterocycles. The third kappa shape index (κ3) is 3.46. The molecule has 0 saturated carbocycles. The van der Waals surface area contributed by atoms with Gasteiger partial charge in [0, 0.05) is 10.4 Å². The molecule has 0 atom stereocenters. The summed E-state index contributed by atoms with van der Waals surface area (Å²) in [6.07, 6.45) is 3.83. The van der Waals surface area contributed by atoms with Gasteiger partial charge in [-0.05, 0) is 68.5 Å². The smallest absolute Gasteiger partial charge is 0.337 e. The summed E-state index contributed by atoms with van der Waals surface area (Å²) in [5.41, 5.74) is 1.16. The van der Waals surface area contributed by atoms with Crippen molar-refractivity contribution >= 4 is 21.6 Å². The monoisotopic (exact) mass is 450 g/mol. The number of ether oxygens (including phenoxy) is 1. The van der Waals surface area contributed by atoms with E-state index in [1.165, 1.54) is 22.0 Å². The topological polar surface area (TPSA) is 53.2 Å². The van der Waals surface area contributed by atoms with Crippen LogP contribution in [0.15, 0.2) is 58.1 Å². The maximum atomic E-state index is 14.5. The van der Waals surface area contributed by atoms with Crippen molar-refractivity contribution in [3.63, 3.8) is 0 Å². The molecule has 0 fully saturated rings. The summed E-state index contributed by atoms with van der Waals surface area (Å²) >= 11 is 1.50. The first-order chi connectivity index (χ1) is 15.6. The second kappa shape index (κ2) is 8.39. The summed E-state index contributed by atoms with van der Waals surface area (Å²) in [5.74, 6) is 0.303. The first-order valence-corrected chi connectivity index (χ1v) is 11.7. The van der Waals surface area contributed by atoms with E-state index in [-0.39, 0.29) is 17.9 Å². The van der Waals surface area contributed by atoms with E-state index in [0.717, 1.165) is 36.1 Å². The third-order valence-corrected chi connectivity index (χ3v) is 7.24. The van der Waals surface area contributed by atoms with Crippen molar-refractivity contribution in [2.75, 3.05) is 6.61 Å². The van der Waals surface area contributed by atoms with Crippen molar-refractivity contribution < 1.29 is 9.13 Å². The number of thiophene rings is 1. The van der Waals surface area contributed by atoms with Gasteiger partial charge in [0.15, 0.2) is 0 Å². The number of benzene rings is 2. The van der Waals surface area contributed by atoms with Gasteiger partial charge in [-0.2, -0.15) is 0 Å². The van der Waals surface area contributed by atoms with Crippen LogP contribution in [0.3, 0.4) is 0 Å². The van der Waals surface area contributed by atoms with E-state index in [4.69, 9.17) is 4.74 Å². The molecule has 4 aromatic rings. The fourth-order valence-electron chi connectivity index (χ4n) is 4.39. The van der Waals surface area contributed by atoms with Crippen molar-refractivity contribution in [3.05, 3.63) is 91.2 Å². The van der Waals surface area contributed by atoms with Gasteiger partial charge in [-0.3, -0.25) is 9.36 Å². The van der Waals surface area contributed by atoms with Gasteiger partial charge in [0.05, 0.1) is 24.2 Å². The van der Waals surface area contributed by atoms with Crippen LogP contribution < -0.4 is 16.0 Å². The molecule has 0 radical (unpaired) electrons. The van der Waals surface area contributed by atoms with E-state index >= 15 is 0 Å². The van der Waals surface area contributed by atoms with E-state index < -0.39 is 5.69 Å². The molecule has 0 amide bonds. The fraction of sp³-hybridized carbons (Fsp3) is 0.280. The molecule has 0 spiro atoms. The van der Waals surface area contributed by atoms with Crippen LogP contribution in [0.5, 0.6) is 5.75 Å². The zero-order chi connectivity index (χ0) is 22.2. The number of hydrogen-bond donors (Lipinski definition) is 0. The van der Waals surface area contributed by atoms with Gasteiger partial charge in [0.1, 0.15) is 16.4 Å². The van der Waals surface area contributed by atoms with Gasteiger partial charge >= 0.3 is 5.69 Å². The Morgan fingerprint density at radius 2 is 1.78 bits per heavy atom. The Kier molecular flexibility index (Phi) is 5.43. The van der Waals surface area contributed by atoms with Crippen LogP contribution in [0, 0.1) is 5.82 Å². The van der Waals surface area contributed by atoms with E-state index in [1.807, 2.05) is 6.92 Å². The zero-order valence-corrected chi connectivity index (χ0v) is 18.6. The van der Waals surface area contributed by atoms with Crippen molar-refractivity contribution in [3.8, 4) is 11.4 Å². The largest absolute Gasteiger partial charge is 0.494 e. The molecule has 32 heavy (non-hydrogen) atoms. The molecule has 1 aliphatic carbocycles. The Balaban J connectivity index is 1.78. The molecule has 5 nitrogen and oxygen atoms in total. The molecule has 164 valence electrons. The zero-order valence-electron chi connectivity index (χ0n) is 17.8. The molecule has 5 rings (SSSR count). The number of hydrogen-bond acceptors (Lipinski definition) is 4. The minimum Gasteiger partial charge on any atom is -0.494 e. The van der Waals surface area contributed by atoms with Crippen LogP contribution in [0.1, 0.15) is 35.8 Å². The number of nitrogens with zero attached hydrogens (tertiary/aromatic N) is 2. The quantitative estimate of drug-likeness (QED) is 0.444. The maximum absolute atomic E-state index is 14.5. The lowest BCUT2D eigenvalue weighted by atomic mass is 9.97. The number of aromatic nitrogens is 2. The van der Waals surface area contributed by atoms with Gasteiger partial charge in [0.25, 0.3) is 5.56 Å². The van der Waals surface area contributed by atoms with Gasteiger partial charge in [0.2, 0.25) is 0 Å². The molecular weight excluding hydrogens is 427 g/mol. The number of fused-ring (bicyclic) bond motifs is 3. The molecule has 0 bridgehead atoms. The van der Waals surface area contributed by atoms with Crippen LogP contribution in [0.25, 0.3) is 15.9 Å². The highest BCUT2D eigenvalue weighted by atomic mass is 32.1. The first-order valence-electron chi connectivity index (χ1n) is 10.8. The van der Waals surface area contributed by atoms with Crippen LogP contribution in [0.4, 0.5) is 4.39 Å². The fourth-order valence-corrected chi connectivity index (χ4v) is 5.76. The minimum absolute atomic E-state index is 0.0682. The van der Waals surface area contributed by atoms with Crippen molar-refractivity contribution in [2.45, 2.75) is 39.2 Å². The van der Waals surface area contributed by atoms with Crippen LogP contribution in [-0.2, 0) is 19.4 Å². The average molecular weight is 451 g/mol. The molecular formula is C25H23FN2O3S. The second-order valence-electron chi connectivity index (χ2n) is 7.92. The highest BCUT2D eigenvalue weighted by Gasteiger charge is 2.24. The van der Waals surface area contributed by atoms with Crippen molar-refractivity contribution in [1.29, 1.82) is 0 Å². The lowest BCUT2D eigenvalue weighted by Crippen LogP contribution is -2.39. The Morgan fingerprint density at radius 3 is 2.53 bits per heavy atom. The molecule has 0 aliphatic heterocycles. The molecule has 2 aromatic carbocycles. The molecule has 1 aliphatic rings. The van der Waals surface area contributed by atoms with Gasteiger partial charge in [-0.15, -0.1) is 11.3 Å². The van der Waals surface area contributed by atoms with Gasteiger partial charge in [-0.25, -0.2) is 13.8 Å². The summed E-state index contributed by atoms with van der Waals surface area (Å²) in [4.78, 5) is 29.0. The molecule has 2 heterocycles. The normalized spacial score (nSPS) is 13.3. The van der Waals surface area contributed by atoms with Gasteiger partial charge < -0.3 is 4.74 Å². The molecule has 0 unspecified atom stereocenters. The highest BCUT2D eigenvalue weighted by Crippen LogP contribution is 2.34. The Hall–Kier alpha value is -3.19. The molecule has 7 heteroatoms. The number of rotatable bonds is 5. The number of aryl methyl sites for hydroxylation is 2. The minimum atomic E-state index is -0.464. The Labute approximate surface area is 188 Å². The van der Waals surface area contributed by atoms with Crippen molar-refractivity contribution in [1.82, 2.24) is 9.13 Å². The summed E-state index contributed by atoms with van der Waals surface area (Å²) in [6.45, 7) is 2.49. The highest BCUT2D eigenvalue weighted by molar-refractivity contribution is 7.18. The third-order valence-electron chi connectivity index (χ3n) is 5.93. The van der Waals surface area contributed by atoms with Crippen LogP contribution in [0.2, 0.25) is 0 Å². The average Bonchev–Trinajstić information content (AvgIpc) is 3.19. The van der Waals surface area contributed by atoms with E-state index in [9.17, 15) is 14.0 Å². The van der Waals surface area contributed by atoms with Crippen LogP contribution >= 0.6 is 11.3 Å². The van der Waals surface area contributed by atoms with E-state index in [0.29, 0.717) is 33.8 Å². The van der Waals surface area contributed by atoms with Gasteiger partial charge in [-0.1, -0.05) is 18.2 Å². The lowest BCUT2D eigenvalue weighted by Gasteiger charge is -2.14. The SMILES string of the molecule is CCOc1ccc(-n2c(=O)c3c4c(sc3n(Cc3ccccc3F)c2=O)CCCC4)cc1. The Morgan fingerprint density at radius 1 is 1.03 bits per heavy atom. The van der Waals surface area contributed by atoms with E-state index in [2.05, 4.69) is 0 Å². The standard InChI is InChI=1S/C25H23FN2O3S/c1-2-31-18-13-11-17(12-14-18)28-23(29)22-19-8-4-6-10-21(19)32-24(22)27(25(28)30)15-16-7-3-5-9-20(16)26/h3,5,7,9,11-14H,2,4,6,8,10,15H2,1H3.